The van der Waals surface area contributed by atoms with Crippen LogP contribution in [0.1, 0.15) is 27.0 Å². The Kier molecular flexibility index (Phi) is 7.22. The molecule has 1 fully saturated rings. The zero-order valence-corrected chi connectivity index (χ0v) is 20.3. The van der Waals surface area contributed by atoms with Gasteiger partial charge in [-0.1, -0.05) is 35.9 Å². The van der Waals surface area contributed by atoms with Crippen molar-refractivity contribution in [3.8, 4) is 17.2 Å². The molecule has 4 rings (SSSR count). The van der Waals surface area contributed by atoms with Crippen molar-refractivity contribution in [1.82, 2.24) is 4.90 Å². The van der Waals surface area contributed by atoms with Crippen molar-refractivity contribution in [1.29, 1.82) is 0 Å². The molecule has 1 saturated heterocycles. The van der Waals surface area contributed by atoms with Gasteiger partial charge in [-0.05, 0) is 72.3 Å². The van der Waals surface area contributed by atoms with Crippen LogP contribution in [0.3, 0.4) is 0 Å². The summed E-state index contributed by atoms with van der Waals surface area (Å²) in [5.74, 6) is 0.240. The smallest absolute Gasteiger partial charge is 0.343 e. The second kappa shape index (κ2) is 10.5. The van der Waals surface area contributed by atoms with Crippen molar-refractivity contribution in [2.75, 3.05) is 14.2 Å². The molecule has 178 valence electrons. The lowest BCUT2D eigenvalue weighted by molar-refractivity contribution is -0.123. The van der Waals surface area contributed by atoms with E-state index in [1.807, 2.05) is 31.2 Å². The van der Waals surface area contributed by atoms with Crippen LogP contribution in [0.15, 0.2) is 71.6 Å². The Morgan fingerprint density at radius 1 is 0.914 bits per heavy atom. The molecule has 0 saturated carbocycles. The van der Waals surface area contributed by atoms with E-state index < -0.39 is 5.97 Å². The Balaban J connectivity index is 1.53. The molecule has 0 aliphatic carbocycles. The molecule has 0 spiro atoms. The molecule has 0 atom stereocenters. The van der Waals surface area contributed by atoms with Crippen molar-refractivity contribution in [2.45, 2.75) is 13.5 Å². The van der Waals surface area contributed by atoms with Gasteiger partial charge in [0.05, 0.1) is 31.2 Å². The molecule has 3 aromatic rings. The number of methoxy groups -OCH3 is 2. The minimum absolute atomic E-state index is 0.195. The number of amides is 2. The number of carbonyl (C=O) groups excluding carboxylic acids is 3. The van der Waals surface area contributed by atoms with E-state index in [1.54, 1.807) is 55.7 Å². The van der Waals surface area contributed by atoms with E-state index in [4.69, 9.17) is 14.2 Å². The number of ether oxygens (including phenoxy) is 3. The highest BCUT2D eigenvalue weighted by molar-refractivity contribution is 8.18. The molecule has 0 radical (unpaired) electrons. The van der Waals surface area contributed by atoms with Crippen LogP contribution in [-0.2, 0) is 11.3 Å². The molecule has 7 nitrogen and oxygen atoms in total. The summed E-state index contributed by atoms with van der Waals surface area (Å²) in [7, 11) is 3.01. The van der Waals surface area contributed by atoms with Crippen LogP contribution in [0, 0.1) is 6.92 Å². The van der Waals surface area contributed by atoms with Gasteiger partial charge in [0.2, 0.25) is 0 Å². The Morgan fingerprint density at radius 3 is 2.29 bits per heavy atom. The summed E-state index contributed by atoms with van der Waals surface area (Å²) in [4.78, 5) is 39.5. The number of thioether (sulfide) groups is 1. The van der Waals surface area contributed by atoms with E-state index in [1.165, 1.54) is 12.0 Å². The van der Waals surface area contributed by atoms with Crippen molar-refractivity contribution in [3.63, 3.8) is 0 Å². The van der Waals surface area contributed by atoms with Gasteiger partial charge >= 0.3 is 5.97 Å². The first kappa shape index (κ1) is 24.1. The number of imide groups is 1. The molecule has 35 heavy (non-hydrogen) atoms. The van der Waals surface area contributed by atoms with E-state index in [0.29, 0.717) is 27.5 Å². The maximum Gasteiger partial charge on any atom is 0.343 e. The average molecular weight is 490 g/mol. The fraction of sp³-hybridized carbons (Fsp3) is 0.148. The van der Waals surface area contributed by atoms with Crippen LogP contribution >= 0.6 is 11.8 Å². The number of rotatable bonds is 7. The van der Waals surface area contributed by atoms with Gasteiger partial charge in [0.15, 0.2) is 11.5 Å². The van der Waals surface area contributed by atoms with Crippen LogP contribution in [-0.4, -0.2) is 36.2 Å². The van der Waals surface area contributed by atoms with Gasteiger partial charge in [0, 0.05) is 0 Å². The highest BCUT2D eigenvalue weighted by Crippen LogP contribution is 2.35. The predicted octanol–water partition coefficient (Wildman–Crippen LogP) is 5.47. The van der Waals surface area contributed by atoms with Gasteiger partial charge in [-0.25, -0.2) is 4.79 Å². The molecule has 0 unspecified atom stereocenters. The van der Waals surface area contributed by atoms with Crippen LogP contribution in [0.4, 0.5) is 4.79 Å². The molecular weight excluding hydrogens is 466 g/mol. The van der Waals surface area contributed by atoms with E-state index >= 15 is 0 Å². The molecule has 0 N–H and O–H groups in total. The molecule has 8 heteroatoms. The lowest BCUT2D eigenvalue weighted by atomic mass is 10.1. The SMILES string of the molecule is COc1ccc(C(=O)Oc2cc(/C=C3\SC(=O)N(Cc4ccc(C)cc4)C3=O)ccc2OC)cc1. The van der Waals surface area contributed by atoms with E-state index in [9.17, 15) is 14.4 Å². The topological polar surface area (TPSA) is 82.1 Å². The minimum atomic E-state index is -0.568. The number of benzene rings is 3. The normalized spacial score (nSPS) is 14.4. The zero-order chi connectivity index (χ0) is 24.9. The fourth-order valence-corrected chi connectivity index (χ4v) is 4.25. The summed E-state index contributed by atoms with van der Waals surface area (Å²) in [6, 6.07) is 19.2. The summed E-state index contributed by atoms with van der Waals surface area (Å²) >= 11 is 0.877. The summed E-state index contributed by atoms with van der Waals surface area (Å²) < 4.78 is 16.0. The van der Waals surface area contributed by atoms with Gasteiger partial charge < -0.3 is 14.2 Å². The second-order valence-electron chi connectivity index (χ2n) is 7.78. The maximum absolute atomic E-state index is 12.9. The number of hydrogen-bond acceptors (Lipinski definition) is 7. The first-order chi connectivity index (χ1) is 16.9. The van der Waals surface area contributed by atoms with Gasteiger partial charge in [-0.3, -0.25) is 14.5 Å². The molecule has 3 aromatic carbocycles. The van der Waals surface area contributed by atoms with Crippen molar-refractivity contribution in [3.05, 3.63) is 93.9 Å². The number of aryl methyl sites for hydroxylation is 1. The van der Waals surface area contributed by atoms with Crippen molar-refractivity contribution >= 4 is 35.0 Å². The number of hydrogen-bond donors (Lipinski definition) is 0. The Hall–Kier alpha value is -4.04. The molecule has 1 aliphatic heterocycles. The zero-order valence-electron chi connectivity index (χ0n) is 19.4. The molecule has 1 aliphatic rings. The van der Waals surface area contributed by atoms with Crippen LogP contribution in [0.2, 0.25) is 0 Å². The maximum atomic E-state index is 12.9. The Morgan fingerprint density at radius 2 is 1.63 bits per heavy atom. The summed E-state index contributed by atoms with van der Waals surface area (Å²) in [5.41, 5.74) is 2.90. The van der Waals surface area contributed by atoms with E-state index in [2.05, 4.69) is 0 Å². The lowest BCUT2D eigenvalue weighted by Gasteiger charge is -2.12. The highest BCUT2D eigenvalue weighted by Gasteiger charge is 2.35. The third-order valence-electron chi connectivity index (χ3n) is 5.35. The first-order valence-electron chi connectivity index (χ1n) is 10.7. The van der Waals surface area contributed by atoms with E-state index in [-0.39, 0.29) is 23.4 Å². The number of carbonyl (C=O) groups is 3. The van der Waals surface area contributed by atoms with Crippen molar-refractivity contribution < 1.29 is 28.6 Å². The minimum Gasteiger partial charge on any atom is -0.497 e. The first-order valence-corrected chi connectivity index (χ1v) is 11.5. The summed E-state index contributed by atoms with van der Waals surface area (Å²) in [6.45, 7) is 2.18. The van der Waals surface area contributed by atoms with Crippen LogP contribution in [0.25, 0.3) is 6.08 Å². The number of esters is 1. The molecule has 1 heterocycles. The standard InChI is InChI=1S/C27H23NO6S/c1-17-4-6-18(7-5-17)16-28-25(29)24(35-27(28)31)15-19-8-13-22(33-3)23(14-19)34-26(30)20-9-11-21(32-2)12-10-20/h4-15H,16H2,1-3H3/b24-15-. The quantitative estimate of drug-likeness (QED) is 0.247. The van der Waals surface area contributed by atoms with E-state index in [0.717, 1.165) is 22.9 Å². The Labute approximate surface area is 207 Å². The summed E-state index contributed by atoms with van der Waals surface area (Å²) in [5, 5.41) is -0.332. The van der Waals surface area contributed by atoms with Crippen molar-refractivity contribution in [2.24, 2.45) is 0 Å². The van der Waals surface area contributed by atoms with Gasteiger partial charge in [0.1, 0.15) is 5.75 Å². The fourth-order valence-electron chi connectivity index (χ4n) is 3.41. The Bertz CT molecular complexity index is 1300. The van der Waals surface area contributed by atoms with Crippen LogP contribution in [0.5, 0.6) is 17.2 Å². The molecule has 2 amide bonds. The third kappa shape index (κ3) is 5.55. The van der Waals surface area contributed by atoms with Crippen LogP contribution < -0.4 is 14.2 Å². The second-order valence-corrected chi connectivity index (χ2v) is 8.77. The summed E-state index contributed by atoms with van der Waals surface area (Å²) in [6.07, 6.45) is 1.60. The molecule has 0 aromatic heterocycles. The largest absolute Gasteiger partial charge is 0.497 e. The highest BCUT2D eigenvalue weighted by atomic mass is 32.2. The third-order valence-corrected chi connectivity index (χ3v) is 6.26. The average Bonchev–Trinajstić information content (AvgIpc) is 3.12. The predicted molar refractivity (Wildman–Crippen MR) is 134 cm³/mol. The van der Waals surface area contributed by atoms with Gasteiger partial charge in [0.25, 0.3) is 11.1 Å². The number of nitrogens with zero attached hydrogens (tertiary/aromatic N) is 1. The monoisotopic (exact) mass is 489 g/mol. The lowest BCUT2D eigenvalue weighted by Crippen LogP contribution is -2.27. The van der Waals surface area contributed by atoms with Gasteiger partial charge in [-0.2, -0.15) is 0 Å². The molecular formula is C27H23NO6S. The molecule has 0 bridgehead atoms. The van der Waals surface area contributed by atoms with Gasteiger partial charge in [-0.15, -0.1) is 0 Å².